The summed E-state index contributed by atoms with van der Waals surface area (Å²) in [4.78, 5) is 25.9. The quantitative estimate of drug-likeness (QED) is 0.388. The molecule has 24 heavy (non-hydrogen) atoms. The highest BCUT2D eigenvalue weighted by atomic mass is 32.2. The second-order valence-electron chi connectivity index (χ2n) is 7.57. The maximum Gasteiger partial charge on any atom is 0.362 e. The molecular weight excluding hydrogens is 336 g/mol. The van der Waals surface area contributed by atoms with Crippen LogP contribution < -0.4 is 5.32 Å². The van der Waals surface area contributed by atoms with Crippen molar-refractivity contribution < 1.29 is 27.0 Å². The number of quaternary nitrogens is 1. The Labute approximate surface area is 142 Å². The number of likely N-dealkylation sites (tertiary alicyclic amines) is 2. The highest BCUT2D eigenvalue weighted by Crippen LogP contribution is 2.35. The molecule has 0 saturated carbocycles. The Bertz CT molecular complexity index is 650. The van der Waals surface area contributed by atoms with Crippen molar-refractivity contribution in [1.82, 2.24) is 14.5 Å². The van der Waals surface area contributed by atoms with Crippen molar-refractivity contribution in [2.75, 3.05) is 33.7 Å². The lowest BCUT2D eigenvalue weighted by Crippen LogP contribution is -2.69. The molecule has 3 amide bonds. The molecule has 0 bridgehead atoms. The average Bonchev–Trinajstić information content (AvgIpc) is 2.72. The molecule has 0 aromatic heterocycles. The van der Waals surface area contributed by atoms with E-state index in [4.69, 9.17) is 4.55 Å². The summed E-state index contributed by atoms with van der Waals surface area (Å²) in [6.45, 7) is 2.36. The van der Waals surface area contributed by atoms with Gasteiger partial charge in [-0.05, 0) is 19.3 Å². The summed E-state index contributed by atoms with van der Waals surface area (Å²) in [6, 6.07) is -1.65. The fraction of sp³-hybridized carbons (Fsp3) is 0.857. The molecule has 3 rings (SSSR count). The van der Waals surface area contributed by atoms with Crippen molar-refractivity contribution in [3.63, 3.8) is 0 Å². The SMILES string of the molecule is C[N+]1(C)CCC[C@H](NC(=O)N2CC[C@@H]3[C@H]2C(=O)N3S(=O)(=O)O)CC1. The highest BCUT2D eigenvalue weighted by molar-refractivity contribution is 7.84. The van der Waals surface area contributed by atoms with Gasteiger partial charge in [0.15, 0.2) is 0 Å². The number of hydrogen-bond donors (Lipinski definition) is 2. The fourth-order valence-corrected chi connectivity index (χ4v) is 4.87. The van der Waals surface area contributed by atoms with E-state index in [2.05, 4.69) is 19.4 Å². The number of hydrogen-bond acceptors (Lipinski definition) is 4. The van der Waals surface area contributed by atoms with Crippen molar-refractivity contribution in [3.8, 4) is 0 Å². The van der Waals surface area contributed by atoms with Crippen LogP contribution in [-0.2, 0) is 15.1 Å². The van der Waals surface area contributed by atoms with Crippen LogP contribution in [0.4, 0.5) is 4.79 Å². The Morgan fingerprint density at radius 2 is 1.96 bits per heavy atom. The monoisotopic (exact) mass is 361 g/mol. The molecule has 3 atom stereocenters. The first-order valence-electron chi connectivity index (χ1n) is 8.30. The van der Waals surface area contributed by atoms with Crippen molar-refractivity contribution in [2.24, 2.45) is 0 Å². The van der Waals surface area contributed by atoms with E-state index in [1.54, 1.807) is 0 Å². The van der Waals surface area contributed by atoms with Gasteiger partial charge in [0.25, 0.3) is 5.91 Å². The fourth-order valence-electron chi connectivity index (χ4n) is 3.97. The summed E-state index contributed by atoms with van der Waals surface area (Å²) >= 11 is 0. The molecule has 0 aromatic rings. The van der Waals surface area contributed by atoms with Gasteiger partial charge in [0, 0.05) is 19.0 Å². The molecule has 0 aliphatic carbocycles. The molecule has 136 valence electrons. The van der Waals surface area contributed by atoms with E-state index in [0.29, 0.717) is 17.3 Å². The molecule has 0 spiro atoms. The lowest BCUT2D eigenvalue weighted by molar-refractivity contribution is -0.889. The van der Waals surface area contributed by atoms with E-state index in [0.717, 1.165) is 36.8 Å². The van der Waals surface area contributed by atoms with Crippen LogP contribution in [0, 0.1) is 0 Å². The second-order valence-corrected chi connectivity index (χ2v) is 8.86. The van der Waals surface area contributed by atoms with Gasteiger partial charge in [-0.15, -0.1) is 0 Å². The zero-order valence-electron chi connectivity index (χ0n) is 14.0. The number of carbonyl (C=O) groups is 2. The Hall–Kier alpha value is -1.39. The summed E-state index contributed by atoms with van der Waals surface area (Å²) in [5.74, 6) is -0.728. The Morgan fingerprint density at radius 3 is 2.62 bits per heavy atom. The third kappa shape index (κ3) is 3.09. The van der Waals surface area contributed by atoms with E-state index in [-0.39, 0.29) is 12.1 Å². The minimum absolute atomic E-state index is 0.0734. The van der Waals surface area contributed by atoms with Gasteiger partial charge in [0.2, 0.25) is 0 Å². The number of rotatable bonds is 2. The third-order valence-corrected chi connectivity index (χ3v) is 6.32. The van der Waals surface area contributed by atoms with Crippen molar-refractivity contribution >= 4 is 22.2 Å². The van der Waals surface area contributed by atoms with E-state index < -0.39 is 28.3 Å². The van der Waals surface area contributed by atoms with Crippen LogP contribution in [0.2, 0.25) is 0 Å². The van der Waals surface area contributed by atoms with Crippen LogP contribution >= 0.6 is 0 Å². The first-order valence-corrected chi connectivity index (χ1v) is 9.70. The molecular formula is C14H25N4O5S+. The highest BCUT2D eigenvalue weighted by Gasteiger charge is 2.60. The maximum atomic E-state index is 12.5. The molecule has 9 nitrogen and oxygen atoms in total. The smallest absolute Gasteiger partial charge is 0.335 e. The normalized spacial score (nSPS) is 32.8. The minimum atomic E-state index is -4.54. The number of carbonyl (C=O) groups excluding carboxylic acids is 2. The molecule has 0 unspecified atom stereocenters. The minimum Gasteiger partial charge on any atom is -0.335 e. The number of amides is 3. The number of nitrogens with zero attached hydrogens (tertiary/aromatic N) is 3. The summed E-state index contributed by atoms with van der Waals surface area (Å²) in [7, 11) is -0.195. The molecule has 3 heterocycles. The standard InChI is InChI=1S/C14H24N4O5S/c1-18(2)8-3-4-10(6-9-18)15-14(20)16-7-5-11-12(16)13(19)17(11)24(21,22)23/h10-12H,3-9H2,1-2H3,(H-,15,20,21,22,23)/p+1/t10-,11+,12-/m0/s1. The van der Waals surface area contributed by atoms with Gasteiger partial charge in [-0.3, -0.25) is 9.35 Å². The Morgan fingerprint density at radius 1 is 1.25 bits per heavy atom. The van der Waals surface area contributed by atoms with Crippen LogP contribution in [0.25, 0.3) is 0 Å². The van der Waals surface area contributed by atoms with Crippen molar-refractivity contribution in [2.45, 2.75) is 43.8 Å². The van der Waals surface area contributed by atoms with Gasteiger partial charge in [0.05, 0.1) is 33.2 Å². The van der Waals surface area contributed by atoms with Crippen LogP contribution in [0.3, 0.4) is 0 Å². The van der Waals surface area contributed by atoms with Gasteiger partial charge >= 0.3 is 16.3 Å². The lowest BCUT2D eigenvalue weighted by Gasteiger charge is -2.42. The van der Waals surface area contributed by atoms with Crippen LogP contribution in [0.15, 0.2) is 0 Å². The van der Waals surface area contributed by atoms with Crippen LogP contribution in [0.5, 0.6) is 0 Å². The van der Waals surface area contributed by atoms with Gasteiger partial charge in [0.1, 0.15) is 6.04 Å². The van der Waals surface area contributed by atoms with Gasteiger partial charge < -0.3 is 14.7 Å². The lowest BCUT2D eigenvalue weighted by atomic mass is 10.0. The Balaban J connectivity index is 1.60. The topological polar surface area (TPSA) is 107 Å². The number of urea groups is 1. The average molecular weight is 361 g/mol. The molecule has 3 saturated heterocycles. The largest absolute Gasteiger partial charge is 0.362 e. The molecule has 0 radical (unpaired) electrons. The number of fused-ring (bicyclic) bond motifs is 1. The second kappa shape index (κ2) is 5.85. The van der Waals surface area contributed by atoms with Crippen molar-refractivity contribution in [3.05, 3.63) is 0 Å². The molecule has 2 N–H and O–H groups in total. The maximum absolute atomic E-state index is 12.5. The van der Waals surface area contributed by atoms with Crippen LogP contribution in [-0.4, -0.2) is 90.5 Å². The van der Waals surface area contributed by atoms with Gasteiger partial charge in [-0.1, -0.05) is 0 Å². The molecule has 3 aliphatic rings. The summed E-state index contributed by atoms with van der Waals surface area (Å²) in [5, 5.41) is 2.99. The van der Waals surface area contributed by atoms with E-state index in [1.807, 2.05) is 0 Å². The van der Waals surface area contributed by atoms with E-state index in [9.17, 15) is 18.0 Å². The van der Waals surface area contributed by atoms with Gasteiger partial charge in [-0.2, -0.15) is 8.42 Å². The number of β-lactam (4-membered cyclic amide) rings is 1. The Kier molecular flexibility index (Phi) is 4.25. The molecule has 3 fully saturated rings. The van der Waals surface area contributed by atoms with E-state index >= 15 is 0 Å². The molecule has 10 heteroatoms. The zero-order chi connectivity index (χ0) is 17.7. The molecule has 0 aromatic carbocycles. The van der Waals surface area contributed by atoms with E-state index in [1.165, 1.54) is 4.90 Å². The summed E-state index contributed by atoms with van der Waals surface area (Å²) in [6.07, 6.45) is 3.17. The number of nitrogens with one attached hydrogen (secondary N) is 1. The summed E-state index contributed by atoms with van der Waals surface area (Å²) < 4.78 is 32.9. The van der Waals surface area contributed by atoms with Crippen molar-refractivity contribution in [1.29, 1.82) is 0 Å². The first kappa shape index (κ1) is 17.4. The first-order chi connectivity index (χ1) is 11.1. The summed E-state index contributed by atoms with van der Waals surface area (Å²) in [5.41, 5.74) is 0. The van der Waals surface area contributed by atoms with Gasteiger partial charge in [-0.25, -0.2) is 9.10 Å². The predicted octanol–water partition coefficient (Wildman–Crippen LogP) is -0.587. The zero-order valence-corrected chi connectivity index (χ0v) is 14.8. The predicted molar refractivity (Wildman–Crippen MR) is 85.3 cm³/mol. The molecule has 3 aliphatic heterocycles. The van der Waals surface area contributed by atoms with Crippen LogP contribution in [0.1, 0.15) is 25.7 Å². The third-order valence-electron chi connectivity index (χ3n) is 5.37.